The highest BCUT2D eigenvalue weighted by Gasteiger charge is 2.19. The molecule has 6 heteroatoms. The van der Waals surface area contributed by atoms with Gasteiger partial charge in [-0.25, -0.2) is 0 Å². The Hall–Kier alpha value is -3.15. The molecule has 0 unspecified atom stereocenters. The number of unbranched alkanes of at least 4 members (excludes halogenated alkanes) is 24. The Morgan fingerprint density at radius 1 is 0.333 bits per heavy atom. The van der Waals surface area contributed by atoms with Crippen LogP contribution in [0.1, 0.15) is 252 Å². The molecule has 63 heavy (non-hydrogen) atoms. The molecule has 0 aliphatic heterocycles. The third-order valence-corrected chi connectivity index (χ3v) is 11.2. The first kappa shape index (κ1) is 59.9. The molecule has 0 spiro atoms. The van der Waals surface area contributed by atoms with Crippen molar-refractivity contribution in [2.24, 2.45) is 0 Å². The van der Waals surface area contributed by atoms with E-state index in [0.717, 1.165) is 109 Å². The van der Waals surface area contributed by atoms with Crippen molar-refractivity contribution in [3.63, 3.8) is 0 Å². The van der Waals surface area contributed by atoms with Crippen LogP contribution in [-0.4, -0.2) is 37.2 Å². The van der Waals surface area contributed by atoms with Crippen LogP contribution in [0.3, 0.4) is 0 Å². The molecule has 0 aliphatic carbocycles. The third-order valence-electron chi connectivity index (χ3n) is 11.2. The van der Waals surface area contributed by atoms with Gasteiger partial charge in [0.2, 0.25) is 0 Å². The second-order valence-corrected chi connectivity index (χ2v) is 17.4. The molecule has 0 saturated carbocycles. The lowest BCUT2D eigenvalue weighted by atomic mass is 10.1. The Morgan fingerprint density at radius 2 is 0.619 bits per heavy atom. The number of hydrogen-bond donors (Lipinski definition) is 0. The van der Waals surface area contributed by atoms with E-state index in [4.69, 9.17) is 14.2 Å². The number of carbonyl (C=O) groups is 3. The van der Waals surface area contributed by atoms with E-state index < -0.39 is 6.10 Å². The maximum absolute atomic E-state index is 12.8. The van der Waals surface area contributed by atoms with Gasteiger partial charge < -0.3 is 14.2 Å². The standard InChI is InChI=1S/C57H98O6/c1-4-7-10-13-16-19-22-24-26-28-29-30-32-33-35-38-41-44-47-50-56(59)62-53-54(52-61-55(58)49-46-43-40-37-21-18-15-12-9-6-3)63-57(60)51-48-45-42-39-36-34-31-27-25-23-20-17-14-11-8-5-2/h7,10,16,19,24,26-27,29-31,33,35,54H,4-6,8-9,11-15,17-18,20-23,25,28,32,34,36-53H2,1-3H3/b10-7-,19-16-,26-24-,30-29-,31-27-,35-33-/t54-/m1/s1. The molecule has 0 saturated heterocycles. The number of hydrogen-bond acceptors (Lipinski definition) is 6. The second kappa shape index (κ2) is 51.5. The molecule has 0 radical (unpaired) electrons. The Balaban J connectivity index is 4.41. The van der Waals surface area contributed by atoms with E-state index in [2.05, 4.69) is 93.7 Å². The van der Waals surface area contributed by atoms with Gasteiger partial charge in [-0.05, 0) is 89.9 Å². The molecule has 0 N–H and O–H groups in total. The van der Waals surface area contributed by atoms with Crippen molar-refractivity contribution in [1.82, 2.24) is 0 Å². The predicted molar refractivity (Wildman–Crippen MR) is 270 cm³/mol. The summed E-state index contributed by atoms with van der Waals surface area (Å²) in [6.07, 6.45) is 64.6. The van der Waals surface area contributed by atoms with Crippen LogP contribution in [-0.2, 0) is 28.6 Å². The summed E-state index contributed by atoms with van der Waals surface area (Å²) in [6, 6.07) is 0. The van der Waals surface area contributed by atoms with Crippen LogP contribution in [0.4, 0.5) is 0 Å². The van der Waals surface area contributed by atoms with Crippen molar-refractivity contribution < 1.29 is 28.6 Å². The molecule has 0 heterocycles. The van der Waals surface area contributed by atoms with Gasteiger partial charge in [-0.2, -0.15) is 0 Å². The molecule has 0 aromatic carbocycles. The minimum absolute atomic E-state index is 0.0880. The van der Waals surface area contributed by atoms with Gasteiger partial charge in [0.25, 0.3) is 0 Å². The molecule has 0 amide bonds. The molecule has 0 fully saturated rings. The zero-order chi connectivity index (χ0) is 45.8. The molecule has 1 atom stereocenters. The van der Waals surface area contributed by atoms with E-state index in [9.17, 15) is 14.4 Å². The highest BCUT2D eigenvalue weighted by atomic mass is 16.6. The summed E-state index contributed by atoms with van der Waals surface area (Å²) >= 11 is 0. The number of rotatable bonds is 47. The third kappa shape index (κ3) is 49.7. The Kier molecular flexibility index (Phi) is 48.9. The fourth-order valence-corrected chi connectivity index (χ4v) is 7.23. The minimum Gasteiger partial charge on any atom is -0.462 e. The van der Waals surface area contributed by atoms with Gasteiger partial charge in [0.05, 0.1) is 0 Å². The zero-order valence-corrected chi connectivity index (χ0v) is 41.3. The van der Waals surface area contributed by atoms with E-state index in [1.807, 2.05) is 0 Å². The van der Waals surface area contributed by atoms with Crippen LogP contribution >= 0.6 is 0 Å². The highest BCUT2D eigenvalue weighted by Crippen LogP contribution is 2.14. The highest BCUT2D eigenvalue weighted by molar-refractivity contribution is 5.71. The smallest absolute Gasteiger partial charge is 0.306 e. The fourth-order valence-electron chi connectivity index (χ4n) is 7.23. The molecular formula is C57H98O6. The average Bonchev–Trinajstić information content (AvgIpc) is 3.28. The van der Waals surface area contributed by atoms with E-state index >= 15 is 0 Å². The maximum atomic E-state index is 12.8. The summed E-state index contributed by atoms with van der Waals surface area (Å²) in [4.78, 5) is 37.9. The first-order chi connectivity index (χ1) is 31.0. The molecule has 0 bridgehead atoms. The fraction of sp³-hybridized carbons (Fsp3) is 0.737. The Labute approximate surface area is 389 Å². The van der Waals surface area contributed by atoms with E-state index in [0.29, 0.717) is 19.3 Å². The predicted octanol–water partition coefficient (Wildman–Crippen LogP) is 17.4. The number of ether oxygens (including phenoxy) is 3. The summed E-state index contributed by atoms with van der Waals surface area (Å²) < 4.78 is 16.8. The van der Waals surface area contributed by atoms with E-state index in [-0.39, 0.29) is 31.1 Å². The normalized spacial score (nSPS) is 12.6. The maximum Gasteiger partial charge on any atom is 0.306 e. The lowest BCUT2D eigenvalue weighted by Crippen LogP contribution is -2.30. The van der Waals surface area contributed by atoms with Gasteiger partial charge in [0.1, 0.15) is 13.2 Å². The van der Waals surface area contributed by atoms with Crippen LogP contribution < -0.4 is 0 Å². The topological polar surface area (TPSA) is 78.9 Å². The largest absolute Gasteiger partial charge is 0.462 e. The summed E-state index contributed by atoms with van der Waals surface area (Å²) in [6.45, 7) is 6.48. The Bertz CT molecular complexity index is 1190. The van der Waals surface area contributed by atoms with Gasteiger partial charge in [-0.15, -0.1) is 0 Å². The summed E-state index contributed by atoms with van der Waals surface area (Å²) in [5.74, 6) is -0.928. The first-order valence-electron chi connectivity index (χ1n) is 26.4. The number of esters is 3. The lowest BCUT2D eigenvalue weighted by molar-refractivity contribution is -0.167. The molecule has 0 aliphatic rings. The molecular weight excluding hydrogens is 781 g/mol. The van der Waals surface area contributed by atoms with Crippen molar-refractivity contribution in [1.29, 1.82) is 0 Å². The van der Waals surface area contributed by atoms with Crippen molar-refractivity contribution in [2.45, 2.75) is 258 Å². The van der Waals surface area contributed by atoms with Gasteiger partial charge >= 0.3 is 17.9 Å². The van der Waals surface area contributed by atoms with Crippen molar-refractivity contribution >= 4 is 17.9 Å². The quantitative estimate of drug-likeness (QED) is 0.0262. The second-order valence-electron chi connectivity index (χ2n) is 17.4. The van der Waals surface area contributed by atoms with Crippen LogP contribution in [0.2, 0.25) is 0 Å². The summed E-state index contributed by atoms with van der Waals surface area (Å²) in [7, 11) is 0. The SMILES string of the molecule is CC/C=C\C/C=C\C/C=C\C/C=C\C/C=C\CCCCCC(=O)OC[C@@H](COC(=O)CCCCCCCCCCCC)OC(=O)CCCCCCC/C=C\CCCCCCCCC. The summed E-state index contributed by atoms with van der Waals surface area (Å²) in [5.41, 5.74) is 0. The molecule has 6 nitrogen and oxygen atoms in total. The lowest BCUT2D eigenvalue weighted by Gasteiger charge is -2.18. The zero-order valence-electron chi connectivity index (χ0n) is 41.3. The van der Waals surface area contributed by atoms with Crippen molar-refractivity contribution in [2.75, 3.05) is 13.2 Å². The van der Waals surface area contributed by atoms with Gasteiger partial charge in [0, 0.05) is 19.3 Å². The van der Waals surface area contributed by atoms with Gasteiger partial charge in [-0.3, -0.25) is 14.4 Å². The summed E-state index contributed by atoms with van der Waals surface area (Å²) in [5, 5.41) is 0. The number of allylic oxidation sites excluding steroid dienone is 12. The van der Waals surface area contributed by atoms with Gasteiger partial charge in [0.15, 0.2) is 6.10 Å². The van der Waals surface area contributed by atoms with Crippen LogP contribution in [0, 0.1) is 0 Å². The number of carbonyl (C=O) groups excluding carboxylic acids is 3. The van der Waals surface area contributed by atoms with Crippen LogP contribution in [0.15, 0.2) is 72.9 Å². The minimum atomic E-state index is -0.790. The van der Waals surface area contributed by atoms with E-state index in [1.54, 1.807) is 0 Å². The van der Waals surface area contributed by atoms with Crippen LogP contribution in [0.25, 0.3) is 0 Å². The monoisotopic (exact) mass is 879 g/mol. The van der Waals surface area contributed by atoms with Gasteiger partial charge in [-0.1, -0.05) is 216 Å². The molecule has 0 aromatic rings. The first-order valence-corrected chi connectivity index (χ1v) is 26.4. The average molecular weight is 879 g/mol. The molecule has 362 valence electrons. The van der Waals surface area contributed by atoms with Crippen molar-refractivity contribution in [3.05, 3.63) is 72.9 Å². The van der Waals surface area contributed by atoms with Crippen molar-refractivity contribution in [3.8, 4) is 0 Å². The van der Waals surface area contributed by atoms with Crippen LogP contribution in [0.5, 0.6) is 0 Å². The molecule has 0 aromatic heterocycles. The molecule has 0 rings (SSSR count). The van der Waals surface area contributed by atoms with E-state index in [1.165, 1.54) is 103 Å². The Morgan fingerprint density at radius 3 is 1.00 bits per heavy atom.